The molecule has 1 heterocycles. The van der Waals surface area contributed by atoms with Gasteiger partial charge in [-0.1, -0.05) is 0 Å². The summed E-state index contributed by atoms with van der Waals surface area (Å²) < 4.78 is 44.6. The van der Waals surface area contributed by atoms with Gasteiger partial charge in [0.1, 0.15) is 5.60 Å². The second-order valence-electron chi connectivity index (χ2n) is 5.90. The fourth-order valence-corrected chi connectivity index (χ4v) is 1.98. The highest BCUT2D eigenvalue weighted by molar-refractivity contribution is 5.74. The van der Waals surface area contributed by atoms with Crippen molar-refractivity contribution in [1.82, 2.24) is 10.2 Å². The molecule has 0 aromatic rings. The van der Waals surface area contributed by atoms with E-state index in [-0.39, 0.29) is 13.0 Å². The van der Waals surface area contributed by atoms with E-state index in [4.69, 9.17) is 4.74 Å². The van der Waals surface area contributed by atoms with E-state index in [1.807, 2.05) is 5.32 Å². The number of hydrogen-bond acceptors (Lipinski definition) is 3. The van der Waals surface area contributed by atoms with Crippen LogP contribution in [0.5, 0.6) is 0 Å². The van der Waals surface area contributed by atoms with Crippen LogP contribution in [0.2, 0.25) is 0 Å². The van der Waals surface area contributed by atoms with Crippen molar-refractivity contribution in [3.63, 3.8) is 0 Å². The zero-order valence-corrected chi connectivity index (χ0v) is 11.9. The molecule has 1 atom stereocenters. The van der Waals surface area contributed by atoms with Crippen molar-refractivity contribution in [3.05, 3.63) is 0 Å². The van der Waals surface area contributed by atoms with Crippen LogP contribution in [-0.2, 0) is 9.53 Å². The van der Waals surface area contributed by atoms with Crippen LogP contribution in [0.4, 0.5) is 18.0 Å². The second-order valence-corrected chi connectivity index (χ2v) is 5.90. The first-order valence-electron chi connectivity index (χ1n) is 6.20. The van der Waals surface area contributed by atoms with Crippen molar-refractivity contribution in [2.24, 2.45) is 0 Å². The summed E-state index contributed by atoms with van der Waals surface area (Å²) in [6.07, 6.45) is -6.18. The quantitative estimate of drug-likeness (QED) is 0.806. The van der Waals surface area contributed by atoms with Gasteiger partial charge in [-0.15, -0.1) is 0 Å². The van der Waals surface area contributed by atoms with Gasteiger partial charge < -0.3 is 15.0 Å². The lowest BCUT2D eigenvalue weighted by molar-refractivity contribution is -0.191. The Kier molecular flexibility index (Phi) is 4.26. The molecule has 1 saturated heterocycles. The lowest BCUT2D eigenvalue weighted by Gasteiger charge is -2.33. The molecule has 1 aliphatic heterocycles. The molecule has 0 aromatic heterocycles. The first kappa shape index (κ1) is 16.6. The fraction of sp³-hybridized carbons (Fsp3) is 0.833. The molecule has 0 saturated carbocycles. The Morgan fingerprint density at radius 2 is 1.80 bits per heavy atom. The number of rotatable bonds is 1. The minimum atomic E-state index is -4.66. The van der Waals surface area contributed by atoms with Gasteiger partial charge in [-0.25, -0.2) is 4.79 Å². The average Bonchev–Trinajstić information content (AvgIpc) is 2.58. The molecule has 0 aromatic carbocycles. The Hall–Kier alpha value is -1.47. The Labute approximate surface area is 115 Å². The Balaban J connectivity index is 2.88. The first-order chi connectivity index (χ1) is 8.86. The van der Waals surface area contributed by atoms with Gasteiger partial charge in [0.15, 0.2) is 5.54 Å². The first-order valence-corrected chi connectivity index (χ1v) is 6.20. The normalized spacial score (nSPS) is 23.6. The largest absolute Gasteiger partial charge is 0.444 e. The van der Waals surface area contributed by atoms with Crippen molar-refractivity contribution < 1.29 is 27.5 Å². The summed E-state index contributed by atoms with van der Waals surface area (Å²) in [6, 6.07) is 0. The summed E-state index contributed by atoms with van der Waals surface area (Å²) in [5, 5.41) is 1.89. The molecule has 2 amide bonds. The molecule has 0 spiro atoms. The van der Waals surface area contributed by atoms with Crippen LogP contribution in [0, 0.1) is 0 Å². The van der Waals surface area contributed by atoms with E-state index in [1.165, 1.54) is 6.92 Å². The summed E-state index contributed by atoms with van der Waals surface area (Å²) in [7, 11) is 0. The van der Waals surface area contributed by atoms with Crippen LogP contribution < -0.4 is 5.32 Å². The predicted molar refractivity (Wildman–Crippen MR) is 65.0 cm³/mol. The Morgan fingerprint density at radius 3 is 2.15 bits per heavy atom. The number of amides is 2. The monoisotopic (exact) mass is 296 g/mol. The van der Waals surface area contributed by atoms with Gasteiger partial charge in [-0.05, 0) is 27.2 Å². The molecule has 1 unspecified atom stereocenters. The number of likely N-dealkylation sites (tertiary alicyclic amines) is 1. The summed E-state index contributed by atoms with van der Waals surface area (Å²) >= 11 is 0. The van der Waals surface area contributed by atoms with Crippen LogP contribution in [0.1, 0.15) is 34.1 Å². The SMILES string of the molecule is CC(=O)N1CCC(NC(=O)OC(C)(C)C)(C(F)(F)F)C1. The second kappa shape index (κ2) is 5.14. The Morgan fingerprint density at radius 1 is 1.25 bits per heavy atom. The topological polar surface area (TPSA) is 58.6 Å². The molecule has 0 radical (unpaired) electrons. The molecule has 1 N–H and O–H groups in total. The molecule has 0 aliphatic carbocycles. The Bertz CT molecular complexity index is 404. The van der Waals surface area contributed by atoms with Gasteiger partial charge in [0, 0.05) is 13.5 Å². The molecule has 1 aliphatic rings. The number of nitrogens with one attached hydrogen (secondary N) is 1. The van der Waals surface area contributed by atoms with Crippen LogP contribution in [0.3, 0.4) is 0 Å². The summed E-state index contributed by atoms with van der Waals surface area (Å²) in [6.45, 7) is 5.23. The highest BCUT2D eigenvalue weighted by Crippen LogP contribution is 2.38. The molecular weight excluding hydrogens is 277 g/mol. The van der Waals surface area contributed by atoms with E-state index < -0.39 is 35.9 Å². The van der Waals surface area contributed by atoms with Crippen molar-refractivity contribution >= 4 is 12.0 Å². The number of nitrogens with zero attached hydrogens (tertiary/aromatic N) is 1. The van der Waals surface area contributed by atoms with Crippen molar-refractivity contribution in [3.8, 4) is 0 Å². The van der Waals surface area contributed by atoms with Crippen LogP contribution in [0.25, 0.3) is 0 Å². The van der Waals surface area contributed by atoms with Crippen molar-refractivity contribution in [2.75, 3.05) is 13.1 Å². The van der Waals surface area contributed by atoms with Crippen LogP contribution >= 0.6 is 0 Å². The van der Waals surface area contributed by atoms with E-state index in [1.54, 1.807) is 20.8 Å². The van der Waals surface area contributed by atoms with Gasteiger partial charge >= 0.3 is 12.3 Å². The zero-order chi connectivity index (χ0) is 15.8. The fourth-order valence-electron chi connectivity index (χ4n) is 1.98. The minimum Gasteiger partial charge on any atom is -0.444 e. The zero-order valence-electron chi connectivity index (χ0n) is 11.9. The van der Waals surface area contributed by atoms with Gasteiger partial charge in [0.05, 0.1) is 6.54 Å². The third-order valence-corrected chi connectivity index (χ3v) is 3.00. The lowest BCUT2D eigenvalue weighted by atomic mass is 9.98. The lowest BCUT2D eigenvalue weighted by Crippen LogP contribution is -2.61. The standard InChI is InChI=1S/C12H19F3N2O3/c1-8(18)17-6-5-11(7-17,12(13,14)15)16-9(19)20-10(2,3)4/h5-7H2,1-4H3,(H,16,19). The van der Waals surface area contributed by atoms with Crippen molar-refractivity contribution in [2.45, 2.75) is 51.4 Å². The maximum atomic E-state index is 13.2. The molecule has 5 nitrogen and oxygen atoms in total. The van der Waals surface area contributed by atoms with Crippen LogP contribution in [0.15, 0.2) is 0 Å². The van der Waals surface area contributed by atoms with E-state index in [9.17, 15) is 22.8 Å². The van der Waals surface area contributed by atoms with E-state index in [0.717, 1.165) is 4.90 Å². The predicted octanol–water partition coefficient (Wildman–Crippen LogP) is 2.06. The third kappa shape index (κ3) is 3.77. The number of carbonyl (C=O) groups is 2. The third-order valence-electron chi connectivity index (χ3n) is 3.00. The number of hydrogen-bond donors (Lipinski definition) is 1. The van der Waals surface area contributed by atoms with Crippen molar-refractivity contribution in [1.29, 1.82) is 0 Å². The maximum absolute atomic E-state index is 13.2. The highest BCUT2D eigenvalue weighted by atomic mass is 19.4. The summed E-state index contributed by atoms with van der Waals surface area (Å²) in [4.78, 5) is 23.9. The smallest absolute Gasteiger partial charge is 0.413 e. The van der Waals surface area contributed by atoms with E-state index in [2.05, 4.69) is 0 Å². The molecule has 1 fully saturated rings. The molecular formula is C12H19F3N2O3. The van der Waals surface area contributed by atoms with Gasteiger partial charge in [0.2, 0.25) is 5.91 Å². The van der Waals surface area contributed by atoms with E-state index >= 15 is 0 Å². The number of alkyl halides is 3. The summed E-state index contributed by atoms with van der Waals surface area (Å²) in [5.74, 6) is -0.456. The van der Waals surface area contributed by atoms with Crippen LogP contribution in [-0.4, -0.2) is 47.3 Å². The molecule has 0 bridgehead atoms. The minimum absolute atomic E-state index is 0.0510. The highest BCUT2D eigenvalue weighted by Gasteiger charge is 2.60. The number of carbonyl (C=O) groups excluding carboxylic acids is 2. The summed E-state index contributed by atoms with van der Waals surface area (Å²) in [5.41, 5.74) is -3.34. The average molecular weight is 296 g/mol. The number of alkyl carbamates (subject to hydrolysis) is 1. The van der Waals surface area contributed by atoms with Gasteiger partial charge in [-0.3, -0.25) is 4.79 Å². The van der Waals surface area contributed by atoms with E-state index in [0.29, 0.717) is 0 Å². The molecule has 116 valence electrons. The molecule has 20 heavy (non-hydrogen) atoms. The van der Waals surface area contributed by atoms with Gasteiger partial charge in [-0.2, -0.15) is 13.2 Å². The molecule has 1 rings (SSSR count). The van der Waals surface area contributed by atoms with Gasteiger partial charge in [0.25, 0.3) is 0 Å². The maximum Gasteiger partial charge on any atom is 0.413 e. The molecule has 8 heteroatoms. The number of halogens is 3. The number of ether oxygens (including phenoxy) is 1.